The second kappa shape index (κ2) is 11.3. The van der Waals surface area contributed by atoms with Crippen molar-refractivity contribution in [2.24, 2.45) is 5.92 Å². The number of nitrogens with two attached hydrogens (primary N) is 1. The van der Waals surface area contributed by atoms with Crippen molar-refractivity contribution >= 4 is 34.0 Å². The monoisotopic (exact) mass is 546 g/mol. The minimum Gasteiger partial charge on any atom is -0.476 e. The van der Waals surface area contributed by atoms with Crippen molar-refractivity contribution in [3.8, 4) is 16.5 Å². The molecular weight excluding hydrogens is 518 g/mol. The summed E-state index contributed by atoms with van der Waals surface area (Å²) < 4.78 is 39.6. The highest BCUT2D eigenvalue weighted by Crippen LogP contribution is 2.34. The quantitative estimate of drug-likeness (QED) is 0.453. The molecule has 0 aliphatic carbocycles. The second-order valence-electron chi connectivity index (χ2n) is 9.75. The summed E-state index contributed by atoms with van der Waals surface area (Å²) >= 11 is 0.799. The maximum Gasteiger partial charge on any atom is 0.410 e. The molecule has 1 fully saturated rings. The normalized spacial score (nSPS) is 14.3. The van der Waals surface area contributed by atoms with Crippen LogP contribution in [-0.4, -0.2) is 57.1 Å². The second-order valence-corrected chi connectivity index (χ2v) is 10.8. The molecular formula is C25H28F2N6O4S. The Kier molecular flexibility index (Phi) is 8.05. The summed E-state index contributed by atoms with van der Waals surface area (Å²) in [6.07, 6.45) is 3.76. The molecule has 38 heavy (non-hydrogen) atoms. The molecule has 13 heteroatoms. The van der Waals surface area contributed by atoms with Crippen LogP contribution >= 0.6 is 11.3 Å². The zero-order chi connectivity index (χ0) is 27.4. The van der Waals surface area contributed by atoms with Crippen molar-refractivity contribution < 1.29 is 27.8 Å². The Morgan fingerprint density at radius 3 is 2.55 bits per heavy atom. The molecule has 10 nitrogen and oxygen atoms in total. The Morgan fingerprint density at radius 2 is 1.89 bits per heavy atom. The molecule has 3 N–H and O–H groups in total. The number of likely N-dealkylation sites (tertiary alicyclic amines) is 1. The molecule has 1 aromatic carbocycles. The van der Waals surface area contributed by atoms with Gasteiger partial charge >= 0.3 is 6.09 Å². The third kappa shape index (κ3) is 6.52. The fourth-order valence-electron chi connectivity index (χ4n) is 3.81. The number of thiazole rings is 1. The minimum atomic E-state index is -0.810. The molecule has 0 unspecified atom stereocenters. The average molecular weight is 547 g/mol. The summed E-state index contributed by atoms with van der Waals surface area (Å²) in [6, 6.07) is 3.43. The van der Waals surface area contributed by atoms with Gasteiger partial charge in [0.2, 0.25) is 5.88 Å². The summed E-state index contributed by atoms with van der Waals surface area (Å²) in [5.74, 6) is -2.01. The Balaban J connectivity index is 1.37. The van der Waals surface area contributed by atoms with Crippen molar-refractivity contribution in [2.45, 2.75) is 39.2 Å². The van der Waals surface area contributed by atoms with Gasteiger partial charge in [-0.1, -0.05) is 17.4 Å². The van der Waals surface area contributed by atoms with Gasteiger partial charge in [-0.15, -0.1) is 0 Å². The van der Waals surface area contributed by atoms with Gasteiger partial charge in [0, 0.05) is 13.1 Å². The number of hydrogen-bond donors (Lipinski definition) is 2. The number of amides is 2. The van der Waals surface area contributed by atoms with Crippen molar-refractivity contribution in [2.75, 3.05) is 30.7 Å². The fraction of sp³-hybridized carbons (Fsp3) is 0.400. The van der Waals surface area contributed by atoms with Gasteiger partial charge in [0.15, 0.2) is 5.69 Å². The van der Waals surface area contributed by atoms with Crippen molar-refractivity contribution in [3.05, 3.63) is 48.1 Å². The third-order valence-electron chi connectivity index (χ3n) is 5.69. The van der Waals surface area contributed by atoms with E-state index in [0.29, 0.717) is 19.7 Å². The highest BCUT2D eigenvalue weighted by Gasteiger charge is 2.28. The number of carbonyl (C=O) groups is 2. The van der Waals surface area contributed by atoms with E-state index in [1.54, 1.807) is 4.90 Å². The maximum absolute atomic E-state index is 14.2. The number of nitrogens with zero attached hydrogens (tertiary/aromatic N) is 4. The van der Waals surface area contributed by atoms with E-state index in [0.717, 1.165) is 36.3 Å². The van der Waals surface area contributed by atoms with Gasteiger partial charge in [-0.05, 0) is 51.7 Å². The molecule has 2 amide bonds. The van der Waals surface area contributed by atoms with Crippen LogP contribution in [0.2, 0.25) is 0 Å². The van der Waals surface area contributed by atoms with E-state index in [1.807, 2.05) is 20.8 Å². The molecule has 202 valence electrons. The van der Waals surface area contributed by atoms with Crippen LogP contribution in [0.5, 0.6) is 5.88 Å². The van der Waals surface area contributed by atoms with E-state index in [1.165, 1.54) is 18.6 Å². The van der Waals surface area contributed by atoms with Crippen LogP contribution in [0.25, 0.3) is 10.6 Å². The summed E-state index contributed by atoms with van der Waals surface area (Å²) in [5, 5.41) is 2.55. The molecule has 0 atom stereocenters. The number of halogens is 2. The fourth-order valence-corrected chi connectivity index (χ4v) is 4.69. The highest BCUT2D eigenvalue weighted by atomic mass is 32.1. The molecule has 0 spiro atoms. The molecule has 1 aliphatic heterocycles. The van der Waals surface area contributed by atoms with E-state index in [9.17, 15) is 18.4 Å². The van der Waals surface area contributed by atoms with E-state index in [-0.39, 0.29) is 44.8 Å². The summed E-state index contributed by atoms with van der Waals surface area (Å²) in [5.41, 5.74) is 5.05. The van der Waals surface area contributed by atoms with Crippen LogP contribution in [0, 0.1) is 17.6 Å². The SMILES string of the molecule is CC(C)(C)OC(=O)N1CCC(COc2ncncc2NC(=O)c2nc(-c3c(F)cccc3F)sc2N)CC1. The first-order valence-electron chi connectivity index (χ1n) is 11.9. The molecule has 4 rings (SSSR count). The molecule has 1 aliphatic rings. The van der Waals surface area contributed by atoms with E-state index in [4.69, 9.17) is 15.2 Å². The maximum atomic E-state index is 14.2. The first-order chi connectivity index (χ1) is 18.0. The molecule has 3 aromatic rings. The Hall–Kier alpha value is -3.87. The van der Waals surface area contributed by atoms with Crippen molar-refractivity contribution in [3.63, 3.8) is 0 Å². The standard InChI is InChI=1S/C25H28F2N6O4S/c1-25(2,3)37-24(35)33-9-7-14(8-10-33)12-36-22-17(11-29-13-30-22)31-21(34)19-20(28)38-23(32-19)18-15(26)5-4-6-16(18)27/h4-6,11,13-14H,7-10,12,28H2,1-3H3,(H,31,34). The lowest BCUT2D eigenvalue weighted by molar-refractivity contribution is 0.0164. The number of carbonyl (C=O) groups excluding carboxylic acids is 2. The number of anilines is 2. The van der Waals surface area contributed by atoms with Gasteiger partial charge in [0.1, 0.15) is 39.3 Å². The number of piperidine rings is 1. The lowest BCUT2D eigenvalue weighted by Crippen LogP contribution is -2.42. The van der Waals surface area contributed by atoms with E-state index < -0.39 is 23.1 Å². The Morgan fingerprint density at radius 1 is 1.21 bits per heavy atom. The van der Waals surface area contributed by atoms with Crippen LogP contribution in [0.4, 0.5) is 24.3 Å². The minimum absolute atomic E-state index is 0.00350. The van der Waals surface area contributed by atoms with Crippen LogP contribution < -0.4 is 15.8 Å². The van der Waals surface area contributed by atoms with Crippen LogP contribution in [0.3, 0.4) is 0 Å². The lowest BCUT2D eigenvalue weighted by Gasteiger charge is -2.33. The number of nitrogen functional groups attached to an aromatic ring is 1. The summed E-state index contributed by atoms with van der Waals surface area (Å²) in [7, 11) is 0. The molecule has 0 radical (unpaired) electrons. The van der Waals surface area contributed by atoms with Gasteiger partial charge in [0.05, 0.1) is 18.4 Å². The first kappa shape index (κ1) is 27.2. The summed E-state index contributed by atoms with van der Waals surface area (Å²) in [4.78, 5) is 39.0. The number of nitrogens with one attached hydrogen (secondary N) is 1. The smallest absolute Gasteiger partial charge is 0.410 e. The predicted octanol–water partition coefficient (Wildman–Crippen LogP) is 4.74. The van der Waals surface area contributed by atoms with E-state index in [2.05, 4.69) is 20.3 Å². The predicted molar refractivity (Wildman–Crippen MR) is 138 cm³/mol. The van der Waals surface area contributed by atoms with Gasteiger partial charge in [0.25, 0.3) is 5.91 Å². The number of ether oxygens (including phenoxy) is 2. The van der Waals surface area contributed by atoms with Crippen molar-refractivity contribution in [1.29, 1.82) is 0 Å². The molecule has 2 aromatic heterocycles. The summed E-state index contributed by atoms with van der Waals surface area (Å²) in [6.45, 7) is 6.89. The van der Waals surface area contributed by atoms with Gasteiger partial charge in [-0.3, -0.25) is 4.79 Å². The zero-order valence-electron chi connectivity index (χ0n) is 21.2. The van der Waals surface area contributed by atoms with Crippen LogP contribution in [0.1, 0.15) is 44.1 Å². The highest BCUT2D eigenvalue weighted by molar-refractivity contribution is 7.19. The van der Waals surface area contributed by atoms with Crippen LogP contribution in [-0.2, 0) is 4.74 Å². The number of benzene rings is 1. The lowest BCUT2D eigenvalue weighted by atomic mass is 9.98. The van der Waals surface area contributed by atoms with Crippen molar-refractivity contribution in [1.82, 2.24) is 19.9 Å². The number of rotatable bonds is 6. The van der Waals surface area contributed by atoms with Gasteiger partial charge in [-0.25, -0.2) is 23.5 Å². The Bertz CT molecular complexity index is 1300. The van der Waals surface area contributed by atoms with Gasteiger partial charge in [-0.2, -0.15) is 4.98 Å². The largest absolute Gasteiger partial charge is 0.476 e. The number of aromatic nitrogens is 3. The molecule has 1 saturated heterocycles. The van der Waals surface area contributed by atoms with Crippen LogP contribution in [0.15, 0.2) is 30.7 Å². The molecule has 0 bridgehead atoms. The Labute approximate surface area is 222 Å². The van der Waals surface area contributed by atoms with Gasteiger partial charge < -0.3 is 25.4 Å². The average Bonchev–Trinajstić information content (AvgIpc) is 3.23. The third-order valence-corrected chi connectivity index (χ3v) is 6.59. The first-order valence-corrected chi connectivity index (χ1v) is 12.8. The molecule has 0 saturated carbocycles. The topological polar surface area (TPSA) is 133 Å². The molecule has 3 heterocycles. The zero-order valence-corrected chi connectivity index (χ0v) is 22.0. The number of hydrogen-bond acceptors (Lipinski definition) is 9. The van der Waals surface area contributed by atoms with E-state index >= 15 is 0 Å².